The van der Waals surface area contributed by atoms with E-state index in [1.807, 2.05) is 0 Å². The van der Waals surface area contributed by atoms with Gasteiger partial charge in [-0.15, -0.1) is 0 Å². The molecule has 0 saturated heterocycles. The van der Waals surface area contributed by atoms with Crippen LogP contribution in [0.15, 0.2) is 6.07 Å². The summed E-state index contributed by atoms with van der Waals surface area (Å²) in [6.07, 6.45) is 5.46. The van der Waals surface area contributed by atoms with Crippen molar-refractivity contribution >= 4 is 0 Å². The van der Waals surface area contributed by atoms with Crippen LogP contribution >= 0.6 is 0 Å². The first-order valence-corrected chi connectivity index (χ1v) is 6.95. The van der Waals surface area contributed by atoms with Gasteiger partial charge in [-0.05, 0) is 38.7 Å². The van der Waals surface area contributed by atoms with E-state index in [4.69, 9.17) is 0 Å². The van der Waals surface area contributed by atoms with Crippen LogP contribution in [0, 0.1) is 12.8 Å². The van der Waals surface area contributed by atoms with Crippen LogP contribution < -0.4 is 5.32 Å². The van der Waals surface area contributed by atoms with E-state index in [0.717, 1.165) is 24.7 Å². The Kier molecular flexibility index (Phi) is 4.21. The highest BCUT2D eigenvalue weighted by Crippen LogP contribution is 2.23. The monoisotopic (exact) mass is 235 g/mol. The van der Waals surface area contributed by atoms with Crippen molar-refractivity contribution in [3.8, 4) is 0 Å². The highest BCUT2D eigenvalue weighted by atomic mass is 15.3. The van der Waals surface area contributed by atoms with Gasteiger partial charge in [0.25, 0.3) is 0 Å². The van der Waals surface area contributed by atoms with Gasteiger partial charge in [0.15, 0.2) is 0 Å². The summed E-state index contributed by atoms with van der Waals surface area (Å²) in [5.74, 6) is 0.888. The van der Waals surface area contributed by atoms with Crippen molar-refractivity contribution in [2.45, 2.75) is 65.6 Å². The molecule has 3 nitrogen and oxygen atoms in total. The number of rotatable bonds is 4. The number of nitrogens with one attached hydrogen (secondary N) is 1. The second-order valence-corrected chi connectivity index (χ2v) is 5.44. The maximum absolute atomic E-state index is 4.48. The van der Waals surface area contributed by atoms with Crippen molar-refractivity contribution < 1.29 is 0 Å². The number of aryl methyl sites for hydroxylation is 2. The van der Waals surface area contributed by atoms with Crippen LogP contribution in [0.5, 0.6) is 0 Å². The Balaban J connectivity index is 1.88. The SMILES string of the molecule is CCn1nc(C)cc1CNC1CCCC(C)C1. The molecular weight excluding hydrogens is 210 g/mol. The van der Waals surface area contributed by atoms with E-state index in [9.17, 15) is 0 Å². The highest BCUT2D eigenvalue weighted by Gasteiger charge is 2.18. The summed E-state index contributed by atoms with van der Waals surface area (Å²) in [7, 11) is 0. The number of hydrogen-bond acceptors (Lipinski definition) is 2. The molecule has 1 fully saturated rings. The molecule has 1 aliphatic rings. The summed E-state index contributed by atoms with van der Waals surface area (Å²) in [5.41, 5.74) is 2.45. The molecule has 0 bridgehead atoms. The molecule has 1 heterocycles. The van der Waals surface area contributed by atoms with Crippen molar-refractivity contribution in [3.05, 3.63) is 17.5 Å². The number of nitrogens with zero attached hydrogens (tertiary/aromatic N) is 2. The van der Waals surface area contributed by atoms with Gasteiger partial charge in [-0.1, -0.05) is 19.8 Å². The quantitative estimate of drug-likeness (QED) is 0.869. The van der Waals surface area contributed by atoms with E-state index in [-0.39, 0.29) is 0 Å². The Morgan fingerprint density at radius 2 is 2.29 bits per heavy atom. The topological polar surface area (TPSA) is 29.9 Å². The Labute approximate surface area is 105 Å². The summed E-state index contributed by atoms with van der Waals surface area (Å²) in [6, 6.07) is 2.90. The molecule has 0 spiro atoms. The zero-order valence-electron chi connectivity index (χ0n) is 11.4. The third kappa shape index (κ3) is 3.32. The Bertz CT molecular complexity index is 356. The minimum Gasteiger partial charge on any atom is -0.308 e. The maximum Gasteiger partial charge on any atom is 0.0597 e. The molecular formula is C14H25N3. The van der Waals surface area contributed by atoms with Crippen LogP contribution in [0.2, 0.25) is 0 Å². The largest absolute Gasteiger partial charge is 0.308 e. The lowest BCUT2D eigenvalue weighted by atomic mass is 9.87. The molecule has 1 N–H and O–H groups in total. The average Bonchev–Trinajstić information content (AvgIpc) is 2.67. The molecule has 1 saturated carbocycles. The summed E-state index contributed by atoms with van der Waals surface area (Å²) < 4.78 is 2.11. The highest BCUT2D eigenvalue weighted by molar-refractivity contribution is 5.08. The zero-order chi connectivity index (χ0) is 12.3. The van der Waals surface area contributed by atoms with Gasteiger partial charge in [0.05, 0.1) is 11.4 Å². The first-order valence-electron chi connectivity index (χ1n) is 6.95. The lowest BCUT2D eigenvalue weighted by Gasteiger charge is -2.27. The lowest BCUT2D eigenvalue weighted by molar-refractivity contribution is 0.298. The van der Waals surface area contributed by atoms with Crippen molar-refractivity contribution in [3.63, 3.8) is 0 Å². The summed E-state index contributed by atoms with van der Waals surface area (Å²) >= 11 is 0. The number of aromatic nitrogens is 2. The fourth-order valence-corrected chi connectivity index (χ4v) is 2.88. The summed E-state index contributed by atoms with van der Waals surface area (Å²) in [5, 5.41) is 8.18. The van der Waals surface area contributed by atoms with Crippen molar-refractivity contribution in [2.75, 3.05) is 0 Å². The summed E-state index contributed by atoms with van der Waals surface area (Å²) in [6.45, 7) is 8.52. The second kappa shape index (κ2) is 5.67. The van der Waals surface area contributed by atoms with Crippen LogP contribution in [-0.4, -0.2) is 15.8 Å². The first-order chi connectivity index (χ1) is 8.19. The van der Waals surface area contributed by atoms with E-state index in [1.54, 1.807) is 0 Å². The standard InChI is InChI=1S/C14H25N3/c1-4-17-14(9-12(3)16-17)10-15-13-7-5-6-11(2)8-13/h9,11,13,15H,4-8,10H2,1-3H3. The molecule has 2 rings (SSSR count). The molecule has 0 radical (unpaired) electrons. The smallest absolute Gasteiger partial charge is 0.0597 e. The minimum atomic E-state index is 0.708. The van der Waals surface area contributed by atoms with Crippen molar-refractivity contribution in [1.82, 2.24) is 15.1 Å². The van der Waals surface area contributed by atoms with E-state index in [0.29, 0.717) is 6.04 Å². The molecule has 2 atom stereocenters. The molecule has 2 unspecified atom stereocenters. The van der Waals surface area contributed by atoms with E-state index >= 15 is 0 Å². The molecule has 0 aliphatic heterocycles. The van der Waals surface area contributed by atoms with Gasteiger partial charge in [0, 0.05) is 19.1 Å². The molecule has 1 aromatic heterocycles. The third-order valence-electron chi connectivity index (χ3n) is 3.79. The van der Waals surface area contributed by atoms with Gasteiger partial charge in [0.1, 0.15) is 0 Å². The predicted octanol–water partition coefficient (Wildman–Crippen LogP) is 2.88. The van der Waals surface area contributed by atoms with Crippen LogP contribution in [-0.2, 0) is 13.1 Å². The number of hydrogen-bond donors (Lipinski definition) is 1. The Morgan fingerprint density at radius 1 is 1.47 bits per heavy atom. The van der Waals surface area contributed by atoms with Crippen LogP contribution in [0.1, 0.15) is 50.9 Å². The normalized spacial score (nSPS) is 25.1. The zero-order valence-corrected chi connectivity index (χ0v) is 11.4. The molecule has 3 heteroatoms. The third-order valence-corrected chi connectivity index (χ3v) is 3.79. The molecule has 0 amide bonds. The van der Waals surface area contributed by atoms with Crippen molar-refractivity contribution in [2.24, 2.45) is 5.92 Å². The summed E-state index contributed by atoms with van der Waals surface area (Å²) in [4.78, 5) is 0. The van der Waals surface area contributed by atoms with Crippen LogP contribution in [0.4, 0.5) is 0 Å². The first kappa shape index (κ1) is 12.6. The van der Waals surface area contributed by atoms with Gasteiger partial charge >= 0.3 is 0 Å². The van der Waals surface area contributed by atoms with Gasteiger partial charge in [-0.2, -0.15) is 5.10 Å². The van der Waals surface area contributed by atoms with Crippen molar-refractivity contribution in [1.29, 1.82) is 0 Å². The van der Waals surface area contributed by atoms with E-state index < -0.39 is 0 Å². The van der Waals surface area contributed by atoms with Gasteiger partial charge < -0.3 is 5.32 Å². The lowest BCUT2D eigenvalue weighted by Crippen LogP contribution is -2.33. The van der Waals surface area contributed by atoms with E-state index in [1.165, 1.54) is 31.4 Å². The van der Waals surface area contributed by atoms with Gasteiger partial charge in [0.2, 0.25) is 0 Å². The Morgan fingerprint density at radius 3 is 3.00 bits per heavy atom. The second-order valence-electron chi connectivity index (χ2n) is 5.44. The fourth-order valence-electron chi connectivity index (χ4n) is 2.88. The van der Waals surface area contributed by atoms with E-state index in [2.05, 4.69) is 41.9 Å². The Hall–Kier alpha value is -0.830. The molecule has 1 aromatic rings. The molecule has 17 heavy (non-hydrogen) atoms. The fraction of sp³-hybridized carbons (Fsp3) is 0.786. The molecule has 96 valence electrons. The average molecular weight is 235 g/mol. The van der Waals surface area contributed by atoms with Gasteiger partial charge in [-0.3, -0.25) is 4.68 Å². The minimum absolute atomic E-state index is 0.708. The van der Waals surface area contributed by atoms with Crippen LogP contribution in [0.25, 0.3) is 0 Å². The maximum atomic E-state index is 4.48. The molecule has 0 aromatic carbocycles. The predicted molar refractivity (Wildman–Crippen MR) is 70.9 cm³/mol. The molecule has 1 aliphatic carbocycles. The van der Waals surface area contributed by atoms with Crippen LogP contribution in [0.3, 0.4) is 0 Å². The van der Waals surface area contributed by atoms with Gasteiger partial charge in [-0.25, -0.2) is 0 Å².